The van der Waals surface area contributed by atoms with Gasteiger partial charge in [-0.15, -0.1) is 0 Å². The molecule has 2 aromatic rings. The Morgan fingerprint density at radius 1 is 1.35 bits per heavy atom. The van der Waals surface area contributed by atoms with Crippen LogP contribution in [0.25, 0.3) is 0 Å². The van der Waals surface area contributed by atoms with Crippen LogP contribution in [0, 0.1) is 17.2 Å². The summed E-state index contributed by atoms with van der Waals surface area (Å²) in [6.07, 6.45) is 5.44. The van der Waals surface area contributed by atoms with Crippen LogP contribution < -0.4 is 4.90 Å². The normalized spacial score (nSPS) is 19.2. The molecule has 0 bridgehead atoms. The molecule has 2 fully saturated rings. The van der Waals surface area contributed by atoms with Gasteiger partial charge in [0.1, 0.15) is 11.8 Å². The molecule has 0 spiro atoms. The van der Waals surface area contributed by atoms with Crippen molar-refractivity contribution in [2.75, 3.05) is 37.8 Å². The number of nitrogens with zero attached hydrogens (tertiary/aromatic N) is 3. The molecule has 0 radical (unpaired) electrons. The highest BCUT2D eigenvalue weighted by molar-refractivity contribution is 5.95. The first-order valence-corrected chi connectivity index (χ1v) is 11.1. The third-order valence-corrected chi connectivity index (χ3v) is 6.89. The van der Waals surface area contributed by atoms with Gasteiger partial charge >= 0.3 is 0 Å². The lowest BCUT2D eigenvalue weighted by Gasteiger charge is -2.38. The number of aliphatic hydroxyl groups excluding tert-OH is 1. The van der Waals surface area contributed by atoms with Crippen molar-refractivity contribution in [1.82, 2.24) is 9.97 Å². The Hall–Kier alpha value is -2.69. The molecule has 164 valence electrons. The zero-order chi connectivity index (χ0) is 21.8. The lowest BCUT2D eigenvalue weighted by Crippen LogP contribution is -2.38. The van der Waals surface area contributed by atoms with Gasteiger partial charge < -0.3 is 19.7 Å². The molecule has 0 atom stereocenters. The number of nitrogens with one attached hydrogen (secondary N) is 1. The molecule has 1 aromatic carbocycles. The van der Waals surface area contributed by atoms with E-state index in [1.807, 2.05) is 12.1 Å². The van der Waals surface area contributed by atoms with E-state index in [9.17, 15) is 9.90 Å². The van der Waals surface area contributed by atoms with Gasteiger partial charge in [0.05, 0.1) is 12.8 Å². The summed E-state index contributed by atoms with van der Waals surface area (Å²) in [6, 6.07) is 8.25. The van der Waals surface area contributed by atoms with Crippen LogP contribution in [0.5, 0.6) is 0 Å². The molecule has 7 nitrogen and oxygen atoms in total. The number of hydrogen-bond donors (Lipinski definition) is 2. The Labute approximate surface area is 183 Å². The molecule has 0 amide bonds. The smallest absolute Gasteiger partial charge is 0.202 e. The number of rotatable bonds is 6. The molecular weight excluding hydrogens is 392 g/mol. The topological polar surface area (TPSA) is 102 Å². The van der Waals surface area contributed by atoms with E-state index in [-0.39, 0.29) is 35.7 Å². The Kier molecular flexibility index (Phi) is 6.40. The maximum atomic E-state index is 12.9. The van der Waals surface area contributed by atoms with Gasteiger partial charge in [-0.05, 0) is 48.8 Å². The van der Waals surface area contributed by atoms with Gasteiger partial charge in [-0.25, -0.2) is 4.98 Å². The Morgan fingerprint density at radius 2 is 2.10 bits per heavy atom. The van der Waals surface area contributed by atoms with Gasteiger partial charge in [-0.3, -0.25) is 4.79 Å². The fraction of sp³-hybridized carbons (Fsp3) is 0.542. The third kappa shape index (κ3) is 4.51. The maximum Gasteiger partial charge on any atom is 0.202 e. The minimum Gasteiger partial charge on any atom is -0.395 e. The van der Waals surface area contributed by atoms with E-state index >= 15 is 0 Å². The first kappa shape index (κ1) is 21.5. The molecule has 0 aliphatic carbocycles. The number of hydrogen-bond acceptors (Lipinski definition) is 6. The van der Waals surface area contributed by atoms with E-state index in [0.29, 0.717) is 19.1 Å². The number of aliphatic hydroxyl groups is 1. The van der Waals surface area contributed by atoms with Crippen molar-refractivity contribution in [1.29, 1.82) is 5.26 Å². The second-order valence-corrected chi connectivity index (χ2v) is 8.92. The molecule has 1 aromatic heterocycles. The van der Waals surface area contributed by atoms with Gasteiger partial charge in [-0.1, -0.05) is 19.1 Å². The predicted octanol–water partition coefficient (Wildman–Crippen LogP) is 2.98. The quantitative estimate of drug-likeness (QED) is 0.694. The van der Waals surface area contributed by atoms with Crippen molar-refractivity contribution in [3.8, 4) is 6.07 Å². The number of ether oxygens (including phenoxy) is 1. The molecule has 2 aliphatic rings. The monoisotopic (exact) mass is 422 g/mol. The number of Topliss-reactive ketones (excluding diaryl/α,β-unsaturated/α-hetero) is 1. The summed E-state index contributed by atoms with van der Waals surface area (Å²) >= 11 is 0. The number of piperidine rings is 1. The summed E-state index contributed by atoms with van der Waals surface area (Å²) < 4.78 is 5.54. The average Bonchev–Trinajstić information content (AvgIpc) is 3.30. The van der Waals surface area contributed by atoms with Gasteiger partial charge in [0.2, 0.25) is 5.78 Å². The number of carbonyl (C=O) groups excluding carboxylic acids is 1. The summed E-state index contributed by atoms with van der Waals surface area (Å²) in [5.74, 6) is 0.787. The maximum absolute atomic E-state index is 12.9. The predicted molar refractivity (Wildman–Crippen MR) is 117 cm³/mol. The van der Waals surface area contributed by atoms with Gasteiger partial charge in [0, 0.05) is 43.8 Å². The highest BCUT2D eigenvalue weighted by Gasteiger charge is 2.35. The van der Waals surface area contributed by atoms with Crippen LogP contribution in [-0.4, -0.2) is 53.8 Å². The molecule has 0 unspecified atom stereocenters. The van der Waals surface area contributed by atoms with Gasteiger partial charge in [-0.2, -0.15) is 5.26 Å². The van der Waals surface area contributed by atoms with Gasteiger partial charge in [0.25, 0.3) is 0 Å². The van der Waals surface area contributed by atoms with Crippen LogP contribution in [0.3, 0.4) is 0 Å². The van der Waals surface area contributed by atoms with Gasteiger partial charge in [0.15, 0.2) is 5.82 Å². The molecule has 4 rings (SSSR count). The molecule has 2 saturated heterocycles. The third-order valence-electron chi connectivity index (χ3n) is 6.89. The minimum absolute atomic E-state index is 0.0917. The van der Waals surface area contributed by atoms with E-state index in [4.69, 9.17) is 10.00 Å². The van der Waals surface area contributed by atoms with Crippen molar-refractivity contribution in [2.24, 2.45) is 5.92 Å². The Balaban J connectivity index is 1.66. The van der Waals surface area contributed by atoms with Crippen LogP contribution in [0.15, 0.2) is 24.4 Å². The minimum atomic E-state index is -0.290. The number of imidazole rings is 1. The fourth-order valence-electron chi connectivity index (χ4n) is 4.66. The van der Waals surface area contributed by atoms with E-state index in [2.05, 4.69) is 33.9 Å². The lowest BCUT2D eigenvalue weighted by atomic mass is 9.74. The van der Waals surface area contributed by atoms with E-state index in [0.717, 1.165) is 55.6 Å². The van der Waals surface area contributed by atoms with Crippen LogP contribution in [-0.2, 0) is 16.6 Å². The zero-order valence-corrected chi connectivity index (χ0v) is 18.1. The molecule has 0 saturated carbocycles. The number of aromatic amines is 1. The zero-order valence-electron chi connectivity index (χ0n) is 18.1. The van der Waals surface area contributed by atoms with Crippen molar-refractivity contribution in [3.05, 3.63) is 47.0 Å². The Bertz CT molecular complexity index is 963. The molecule has 3 heterocycles. The number of anilines is 1. The average molecular weight is 423 g/mol. The first-order chi connectivity index (χ1) is 15.0. The van der Waals surface area contributed by atoms with Crippen molar-refractivity contribution >= 4 is 11.5 Å². The number of H-pyrrole nitrogens is 1. The largest absolute Gasteiger partial charge is 0.395 e. The number of nitriles is 1. The van der Waals surface area contributed by atoms with E-state index in [1.54, 1.807) is 0 Å². The summed E-state index contributed by atoms with van der Waals surface area (Å²) in [5.41, 5.74) is 3.14. The first-order valence-electron chi connectivity index (χ1n) is 11.1. The SMILES string of the molecule is CC1CCN(c2cc(C3(CO)CCOCC3)ccc2CC(=O)c2ncc(C#N)[nH]2)CC1. The summed E-state index contributed by atoms with van der Waals surface area (Å²) in [4.78, 5) is 22.1. The van der Waals surface area contributed by atoms with Crippen molar-refractivity contribution in [3.63, 3.8) is 0 Å². The number of ketones is 1. The van der Waals surface area contributed by atoms with Crippen LogP contribution in [0.4, 0.5) is 5.69 Å². The van der Waals surface area contributed by atoms with Crippen molar-refractivity contribution < 1.29 is 14.6 Å². The fourth-order valence-corrected chi connectivity index (χ4v) is 4.66. The summed E-state index contributed by atoms with van der Waals surface area (Å²) in [5, 5.41) is 19.2. The standard InChI is InChI=1S/C24H30N4O3/c1-17-4-8-28(9-5-17)21-13-19(24(16-29)6-10-31-11-7-24)3-2-18(21)12-22(30)23-26-15-20(14-25)27-23/h2-3,13,15,17,29H,4-12,16H2,1H3,(H,26,27). The second-order valence-electron chi connectivity index (χ2n) is 8.92. The van der Waals surface area contributed by atoms with Crippen molar-refractivity contribution in [2.45, 2.75) is 44.4 Å². The summed E-state index contributed by atoms with van der Waals surface area (Å²) in [6.45, 7) is 5.59. The Morgan fingerprint density at radius 3 is 2.74 bits per heavy atom. The van der Waals surface area contributed by atoms with Crippen LogP contribution in [0.2, 0.25) is 0 Å². The van der Waals surface area contributed by atoms with Crippen LogP contribution in [0.1, 0.15) is 60.0 Å². The highest BCUT2D eigenvalue weighted by Crippen LogP contribution is 2.38. The number of aromatic nitrogens is 2. The lowest BCUT2D eigenvalue weighted by molar-refractivity contribution is 0.0253. The van der Waals surface area contributed by atoms with E-state index in [1.165, 1.54) is 6.20 Å². The highest BCUT2D eigenvalue weighted by atomic mass is 16.5. The number of benzene rings is 1. The number of carbonyl (C=O) groups is 1. The second kappa shape index (κ2) is 9.21. The van der Waals surface area contributed by atoms with Crippen LogP contribution >= 0.6 is 0 Å². The molecule has 7 heteroatoms. The summed E-state index contributed by atoms with van der Waals surface area (Å²) in [7, 11) is 0. The molecular formula is C24H30N4O3. The molecule has 2 aliphatic heterocycles. The molecule has 2 N–H and O–H groups in total. The molecule has 31 heavy (non-hydrogen) atoms. The van der Waals surface area contributed by atoms with E-state index < -0.39 is 0 Å².